The van der Waals surface area contributed by atoms with Crippen LogP contribution in [-0.4, -0.2) is 27.2 Å². The minimum atomic E-state index is -0.427. The Bertz CT molecular complexity index is 333. The van der Waals surface area contributed by atoms with Gasteiger partial charge in [-0.25, -0.2) is 0 Å². The second kappa shape index (κ2) is 4.78. The Kier molecular flexibility index (Phi) is 3.57. The van der Waals surface area contributed by atoms with Gasteiger partial charge < -0.3 is 10.2 Å². The van der Waals surface area contributed by atoms with Gasteiger partial charge in [-0.3, -0.25) is 0 Å². The molecule has 16 heavy (non-hydrogen) atoms. The molecule has 2 nitrogen and oxygen atoms in total. The van der Waals surface area contributed by atoms with E-state index in [9.17, 15) is 10.2 Å². The highest BCUT2D eigenvalue weighted by molar-refractivity contribution is 8.01. The largest absolute Gasteiger partial charge is 0.393 e. The fourth-order valence-corrected chi connectivity index (χ4v) is 3.19. The van der Waals surface area contributed by atoms with Crippen molar-refractivity contribution in [1.29, 1.82) is 0 Å². The summed E-state index contributed by atoms with van der Waals surface area (Å²) < 4.78 is -0.0433. The topological polar surface area (TPSA) is 40.5 Å². The molecule has 1 saturated carbocycles. The molecule has 88 valence electrons. The molecule has 2 rings (SSSR count). The highest BCUT2D eigenvalue weighted by Crippen LogP contribution is 2.54. The van der Waals surface area contributed by atoms with Gasteiger partial charge in [0.15, 0.2) is 0 Å². The number of aliphatic hydroxyl groups is 2. The van der Waals surface area contributed by atoms with E-state index in [2.05, 4.69) is 12.1 Å². The average molecular weight is 238 g/mol. The lowest BCUT2D eigenvalue weighted by atomic mass is 10.1. The molecule has 0 aromatic heterocycles. The van der Waals surface area contributed by atoms with E-state index in [4.69, 9.17) is 0 Å². The molecule has 2 N–H and O–H groups in total. The summed E-state index contributed by atoms with van der Waals surface area (Å²) in [5, 5.41) is 19.4. The van der Waals surface area contributed by atoms with Crippen LogP contribution in [0.2, 0.25) is 0 Å². The van der Waals surface area contributed by atoms with Gasteiger partial charge in [0.1, 0.15) is 0 Å². The number of hydrogen-bond acceptors (Lipinski definition) is 3. The van der Waals surface area contributed by atoms with Gasteiger partial charge in [-0.15, -0.1) is 11.8 Å². The van der Waals surface area contributed by atoms with E-state index >= 15 is 0 Å². The normalized spacial score (nSPS) is 21.4. The van der Waals surface area contributed by atoms with Crippen LogP contribution >= 0.6 is 11.8 Å². The molecule has 0 bridgehead atoms. The van der Waals surface area contributed by atoms with Gasteiger partial charge in [0.25, 0.3) is 0 Å². The van der Waals surface area contributed by atoms with Crippen LogP contribution in [0.5, 0.6) is 0 Å². The predicted octanol–water partition coefficient (Wildman–Crippen LogP) is 2.44. The summed E-state index contributed by atoms with van der Waals surface area (Å²) in [6.45, 7) is 1.73. The molecule has 1 aromatic rings. The van der Waals surface area contributed by atoms with E-state index in [0.717, 1.165) is 12.8 Å². The van der Waals surface area contributed by atoms with Crippen LogP contribution in [0.1, 0.15) is 26.2 Å². The summed E-state index contributed by atoms with van der Waals surface area (Å²) in [5.41, 5.74) is 0. The van der Waals surface area contributed by atoms with E-state index in [1.54, 1.807) is 18.7 Å². The summed E-state index contributed by atoms with van der Waals surface area (Å²) in [5.74, 6) is 0. The molecule has 0 heterocycles. The summed E-state index contributed by atoms with van der Waals surface area (Å²) >= 11 is 1.75. The lowest BCUT2D eigenvalue weighted by molar-refractivity contribution is 0.0846. The van der Waals surface area contributed by atoms with Gasteiger partial charge in [0.2, 0.25) is 0 Å². The van der Waals surface area contributed by atoms with Crippen LogP contribution in [-0.2, 0) is 0 Å². The van der Waals surface area contributed by atoms with Crippen molar-refractivity contribution in [1.82, 2.24) is 0 Å². The van der Waals surface area contributed by atoms with Crippen LogP contribution in [0.3, 0.4) is 0 Å². The van der Waals surface area contributed by atoms with E-state index < -0.39 is 12.2 Å². The first-order valence-corrected chi connectivity index (χ1v) is 6.54. The number of hydrogen-bond donors (Lipinski definition) is 2. The van der Waals surface area contributed by atoms with E-state index in [1.807, 2.05) is 18.2 Å². The highest BCUT2D eigenvalue weighted by atomic mass is 32.2. The van der Waals surface area contributed by atoms with Crippen molar-refractivity contribution in [2.24, 2.45) is 0 Å². The molecule has 1 aliphatic rings. The van der Waals surface area contributed by atoms with Crippen molar-refractivity contribution < 1.29 is 10.2 Å². The van der Waals surface area contributed by atoms with Gasteiger partial charge in [0, 0.05) is 16.1 Å². The van der Waals surface area contributed by atoms with Gasteiger partial charge in [-0.2, -0.15) is 0 Å². The van der Waals surface area contributed by atoms with Crippen LogP contribution in [0, 0.1) is 0 Å². The number of rotatable bonds is 5. The maximum absolute atomic E-state index is 10.1. The summed E-state index contributed by atoms with van der Waals surface area (Å²) in [7, 11) is 0. The summed E-state index contributed by atoms with van der Waals surface area (Å²) in [6.07, 6.45) is 1.72. The zero-order chi connectivity index (χ0) is 11.6. The zero-order valence-electron chi connectivity index (χ0n) is 9.47. The van der Waals surface area contributed by atoms with Crippen LogP contribution in [0.15, 0.2) is 35.2 Å². The Morgan fingerprint density at radius 2 is 1.88 bits per heavy atom. The molecule has 3 heteroatoms. The number of aliphatic hydroxyl groups excluding tert-OH is 2. The molecule has 1 aromatic carbocycles. The van der Waals surface area contributed by atoms with Gasteiger partial charge in [0.05, 0.1) is 12.2 Å². The molecule has 0 amide bonds. The zero-order valence-corrected chi connectivity index (χ0v) is 10.3. The molecule has 0 saturated heterocycles. The first kappa shape index (κ1) is 12.0. The second-order valence-corrected chi connectivity index (χ2v) is 6.07. The standard InChI is InChI=1S/C13H18O2S/c1-10(14)9-12(15)13(7-8-13)16-11-5-3-2-4-6-11/h2-6,10,12,14-15H,7-9H2,1H3/t10-,12-/m1/s1. The van der Waals surface area contributed by atoms with Gasteiger partial charge in [-0.1, -0.05) is 18.2 Å². The molecular formula is C13H18O2S. The monoisotopic (exact) mass is 238 g/mol. The number of benzene rings is 1. The van der Waals surface area contributed by atoms with Crippen molar-refractivity contribution in [2.45, 2.75) is 48.0 Å². The third-order valence-corrected chi connectivity index (χ3v) is 4.57. The Balaban J connectivity index is 1.98. The van der Waals surface area contributed by atoms with E-state index in [-0.39, 0.29) is 4.75 Å². The molecule has 1 aliphatic carbocycles. The summed E-state index contributed by atoms with van der Waals surface area (Å²) in [4.78, 5) is 1.20. The predicted molar refractivity (Wildman–Crippen MR) is 66.6 cm³/mol. The summed E-state index contributed by atoms with van der Waals surface area (Å²) in [6, 6.07) is 10.2. The molecule has 0 spiro atoms. The Labute approximate surface area is 101 Å². The van der Waals surface area contributed by atoms with Gasteiger partial charge >= 0.3 is 0 Å². The minimum absolute atomic E-state index is 0.0433. The molecule has 2 atom stereocenters. The van der Waals surface area contributed by atoms with E-state index in [0.29, 0.717) is 6.42 Å². The van der Waals surface area contributed by atoms with E-state index in [1.165, 1.54) is 4.90 Å². The van der Waals surface area contributed by atoms with Crippen molar-refractivity contribution in [3.63, 3.8) is 0 Å². The third-order valence-electron chi connectivity index (χ3n) is 2.98. The smallest absolute Gasteiger partial charge is 0.0714 e. The molecule has 0 unspecified atom stereocenters. The van der Waals surface area contributed by atoms with Crippen molar-refractivity contribution >= 4 is 11.8 Å². The maximum Gasteiger partial charge on any atom is 0.0714 e. The Morgan fingerprint density at radius 3 is 2.38 bits per heavy atom. The average Bonchev–Trinajstić information content (AvgIpc) is 2.99. The minimum Gasteiger partial charge on any atom is -0.393 e. The molecule has 1 fully saturated rings. The first-order valence-electron chi connectivity index (χ1n) is 5.72. The Morgan fingerprint density at radius 1 is 1.25 bits per heavy atom. The number of thioether (sulfide) groups is 1. The molecule has 0 radical (unpaired) electrons. The van der Waals surface area contributed by atoms with Crippen LogP contribution in [0.4, 0.5) is 0 Å². The lowest BCUT2D eigenvalue weighted by Crippen LogP contribution is -2.28. The maximum atomic E-state index is 10.1. The van der Waals surface area contributed by atoms with Crippen molar-refractivity contribution in [3.05, 3.63) is 30.3 Å². The lowest BCUT2D eigenvalue weighted by Gasteiger charge is -2.22. The van der Waals surface area contributed by atoms with Crippen LogP contribution in [0.25, 0.3) is 0 Å². The first-order chi connectivity index (χ1) is 7.62. The second-order valence-electron chi connectivity index (χ2n) is 4.58. The SMILES string of the molecule is C[C@@H](O)C[C@@H](O)C1(Sc2ccccc2)CC1. The van der Waals surface area contributed by atoms with Crippen LogP contribution < -0.4 is 0 Å². The van der Waals surface area contributed by atoms with Gasteiger partial charge in [-0.05, 0) is 31.9 Å². The fourth-order valence-electron chi connectivity index (χ4n) is 1.89. The Hall–Kier alpha value is -0.510. The fraction of sp³-hybridized carbons (Fsp3) is 0.538. The van der Waals surface area contributed by atoms with Crippen molar-refractivity contribution in [2.75, 3.05) is 0 Å². The van der Waals surface area contributed by atoms with Crippen molar-refractivity contribution in [3.8, 4) is 0 Å². The quantitative estimate of drug-likeness (QED) is 0.828. The molecule has 0 aliphatic heterocycles. The third kappa shape index (κ3) is 2.78. The molecular weight excluding hydrogens is 220 g/mol. The highest BCUT2D eigenvalue weighted by Gasteiger charge is 2.49.